The maximum absolute atomic E-state index is 12.9. The van der Waals surface area contributed by atoms with Crippen LogP contribution < -0.4 is 4.90 Å². The van der Waals surface area contributed by atoms with Gasteiger partial charge in [-0.2, -0.15) is 5.10 Å². The molecule has 5 rings (SSSR count). The molecule has 1 aromatic carbocycles. The van der Waals surface area contributed by atoms with Gasteiger partial charge in [0.25, 0.3) is 5.91 Å². The molecule has 3 aliphatic heterocycles. The molecule has 3 aliphatic rings. The number of benzene rings is 1. The van der Waals surface area contributed by atoms with Crippen LogP contribution in [0.4, 0.5) is 5.69 Å². The van der Waals surface area contributed by atoms with Crippen LogP contribution >= 0.6 is 0 Å². The molecule has 2 saturated heterocycles. The fourth-order valence-electron chi connectivity index (χ4n) is 4.16. The molecule has 7 heteroatoms. The Balaban J connectivity index is 1.24. The van der Waals surface area contributed by atoms with Crippen LogP contribution in [0.1, 0.15) is 36.1 Å². The number of likely N-dealkylation sites (tertiary alicyclic amines) is 1. The number of hydrogen-bond donors (Lipinski definition) is 0. The van der Waals surface area contributed by atoms with Gasteiger partial charge in [-0.1, -0.05) is 24.3 Å². The molecule has 1 unspecified atom stereocenters. The van der Waals surface area contributed by atoms with Gasteiger partial charge in [0.05, 0.1) is 24.5 Å². The Bertz CT molecular complexity index is 887. The third kappa shape index (κ3) is 2.82. The minimum absolute atomic E-state index is 0.0282. The van der Waals surface area contributed by atoms with Crippen molar-refractivity contribution in [2.75, 3.05) is 31.1 Å². The molecule has 0 aliphatic carbocycles. The first-order valence-electron chi connectivity index (χ1n) is 9.53. The molecule has 0 spiro atoms. The number of carbonyl (C=O) groups is 2. The lowest BCUT2D eigenvalue weighted by Gasteiger charge is -2.41. The maximum atomic E-state index is 12.9. The van der Waals surface area contributed by atoms with Crippen LogP contribution in [-0.2, 0) is 20.7 Å². The highest BCUT2D eigenvalue weighted by molar-refractivity contribution is 5.95. The van der Waals surface area contributed by atoms with E-state index in [2.05, 4.69) is 11.2 Å². The van der Waals surface area contributed by atoms with Crippen LogP contribution in [0.15, 0.2) is 36.7 Å². The zero-order valence-corrected chi connectivity index (χ0v) is 15.1. The Morgan fingerprint density at radius 1 is 1.19 bits per heavy atom. The minimum Gasteiger partial charge on any atom is -0.363 e. The highest BCUT2D eigenvalue weighted by atomic mass is 16.5. The van der Waals surface area contributed by atoms with E-state index in [1.54, 1.807) is 11.1 Å². The summed E-state index contributed by atoms with van der Waals surface area (Å²) in [5, 5.41) is 4.41. The number of hydrogen-bond acceptors (Lipinski definition) is 4. The van der Waals surface area contributed by atoms with E-state index in [9.17, 15) is 9.59 Å². The largest absolute Gasteiger partial charge is 0.363 e. The van der Waals surface area contributed by atoms with E-state index < -0.39 is 6.10 Å². The van der Waals surface area contributed by atoms with Crippen molar-refractivity contribution in [3.8, 4) is 0 Å². The summed E-state index contributed by atoms with van der Waals surface area (Å²) >= 11 is 0. The quantitative estimate of drug-likeness (QED) is 0.829. The SMILES string of the molecule is O=C(C1OCCc2ccccc21)N1CC(n2cc(N3CCCC3=O)cn2)C1. The first kappa shape index (κ1) is 16.5. The van der Waals surface area contributed by atoms with E-state index in [1.807, 2.05) is 34.0 Å². The summed E-state index contributed by atoms with van der Waals surface area (Å²) in [6.07, 6.45) is 5.54. The van der Waals surface area contributed by atoms with Crippen molar-refractivity contribution in [2.45, 2.75) is 31.4 Å². The summed E-state index contributed by atoms with van der Waals surface area (Å²) in [5.41, 5.74) is 3.05. The zero-order valence-electron chi connectivity index (χ0n) is 15.1. The van der Waals surface area contributed by atoms with Crippen LogP contribution in [0.25, 0.3) is 0 Å². The first-order chi connectivity index (χ1) is 13.2. The van der Waals surface area contributed by atoms with Crippen molar-refractivity contribution in [3.05, 3.63) is 47.8 Å². The van der Waals surface area contributed by atoms with Gasteiger partial charge < -0.3 is 14.5 Å². The number of anilines is 1. The second kappa shape index (κ2) is 6.49. The van der Waals surface area contributed by atoms with Gasteiger partial charge in [-0.05, 0) is 24.0 Å². The monoisotopic (exact) mass is 366 g/mol. The van der Waals surface area contributed by atoms with Crippen molar-refractivity contribution in [2.24, 2.45) is 0 Å². The minimum atomic E-state index is -0.494. The highest BCUT2D eigenvalue weighted by Gasteiger charge is 2.38. The molecule has 0 N–H and O–H groups in total. The van der Waals surface area contributed by atoms with Crippen molar-refractivity contribution in [1.29, 1.82) is 0 Å². The van der Waals surface area contributed by atoms with E-state index in [1.165, 1.54) is 5.56 Å². The summed E-state index contributed by atoms with van der Waals surface area (Å²) in [4.78, 5) is 28.4. The highest BCUT2D eigenvalue weighted by Crippen LogP contribution is 2.32. The molecule has 2 fully saturated rings. The Labute approximate surface area is 157 Å². The van der Waals surface area contributed by atoms with Gasteiger partial charge in [-0.25, -0.2) is 0 Å². The van der Waals surface area contributed by atoms with Gasteiger partial charge >= 0.3 is 0 Å². The lowest BCUT2D eigenvalue weighted by Crippen LogP contribution is -2.53. The van der Waals surface area contributed by atoms with Gasteiger partial charge in [0.15, 0.2) is 6.10 Å². The number of nitrogens with zero attached hydrogens (tertiary/aromatic N) is 4. The lowest BCUT2D eigenvalue weighted by molar-refractivity contribution is -0.151. The molecule has 27 heavy (non-hydrogen) atoms. The summed E-state index contributed by atoms with van der Waals surface area (Å²) < 4.78 is 7.67. The van der Waals surface area contributed by atoms with E-state index in [0.29, 0.717) is 26.1 Å². The van der Waals surface area contributed by atoms with Crippen LogP contribution in [-0.4, -0.2) is 52.7 Å². The van der Waals surface area contributed by atoms with Crippen molar-refractivity contribution < 1.29 is 14.3 Å². The number of fused-ring (bicyclic) bond motifs is 1. The molecule has 0 saturated carbocycles. The Kier molecular flexibility index (Phi) is 3.97. The summed E-state index contributed by atoms with van der Waals surface area (Å²) in [6, 6.07) is 8.17. The predicted molar refractivity (Wildman–Crippen MR) is 98.3 cm³/mol. The number of aromatic nitrogens is 2. The summed E-state index contributed by atoms with van der Waals surface area (Å²) in [5.74, 6) is 0.188. The van der Waals surface area contributed by atoms with Crippen molar-refractivity contribution >= 4 is 17.5 Å². The summed E-state index contributed by atoms with van der Waals surface area (Å²) in [6.45, 7) is 2.58. The second-order valence-corrected chi connectivity index (χ2v) is 7.42. The average Bonchev–Trinajstić information content (AvgIpc) is 3.29. The second-order valence-electron chi connectivity index (χ2n) is 7.42. The first-order valence-corrected chi connectivity index (χ1v) is 9.53. The third-order valence-corrected chi connectivity index (χ3v) is 5.74. The number of ether oxygens (including phenoxy) is 1. The van der Waals surface area contributed by atoms with Crippen molar-refractivity contribution in [1.82, 2.24) is 14.7 Å². The number of carbonyl (C=O) groups excluding carboxylic acids is 2. The Morgan fingerprint density at radius 2 is 2.04 bits per heavy atom. The molecule has 0 bridgehead atoms. The molecule has 140 valence electrons. The van der Waals surface area contributed by atoms with E-state index >= 15 is 0 Å². The van der Waals surface area contributed by atoms with Crippen LogP contribution in [0.5, 0.6) is 0 Å². The molecule has 1 aromatic heterocycles. The van der Waals surface area contributed by atoms with Crippen LogP contribution in [0.3, 0.4) is 0 Å². The van der Waals surface area contributed by atoms with E-state index in [4.69, 9.17) is 4.74 Å². The topological polar surface area (TPSA) is 67.7 Å². The van der Waals surface area contributed by atoms with Crippen LogP contribution in [0.2, 0.25) is 0 Å². The van der Waals surface area contributed by atoms with Crippen LogP contribution in [0, 0.1) is 0 Å². The Morgan fingerprint density at radius 3 is 2.85 bits per heavy atom. The van der Waals surface area contributed by atoms with Gasteiger partial charge in [-0.15, -0.1) is 0 Å². The molecule has 2 amide bonds. The van der Waals surface area contributed by atoms with Gasteiger partial charge in [0.2, 0.25) is 5.91 Å². The molecular formula is C20H22N4O3. The van der Waals surface area contributed by atoms with E-state index in [0.717, 1.165) is 30.6 Å². The molecule has 7 nitrogen and oxygen atoms in total. The normalized spacial score (nSPS) is 22.7. The molecular weight excluding hydrogens is 344 g/mol. The Hall–Kier alpha value is -2.67. The summed E-state index contributed by atoms with van der Waals surface area (Å²) in [7, 11) is 0. The predicted octanol–water partition coefficient (Wildman–Crippen LogP) is 1.71. The number of amides is 2. The average molecular weight is 366 g/mol. The van der Waals surface area contributed by atoms with Gasteiger partial charge in [0.1, 0.15) is 0 Å². The molecule has 2 aromatic rings. The fourth-order valence-corrected chi connectivity index (χ4v) is 4.16. The smallest absolute Gasteiger partial charge is 0.256 e. The fraction of sp³-hybridized carbons (Fsp3) is 0.450. The van der Waals surface area contributed by atoms with Gasteiger partial charge in [0, 0.05) is 32.3 Å². The number of rotatable bonds is 3. The standard InChI is InChI=1S/C20H22N4O3/c25-18-6-3-8-23(18)15-10-21-24(13-15)16-11-22(12-16)20(26)19-17-5-2-1-4-14(17)7-9-27-19/h1-2,4-5,10,13,16,19H,3,6-9,11-12H2. The van der Waals surface area contributed by atoms with Gasteiger partial charge in [-0.3, -0.25) is 14.3 Å². The molecule has 1 atom stereocenters. The lowest BCUT2D eigenvalue weighted by atomic mass is 9.95. The zero-order chi connectivity index (χ0) is 18.4. The van der Waals surface area contributed by atoms with E-state index in [-0.39, 0.29) is 17.9 Å². The van der Waals surface area contributed by atoms with Crippen molar-refractivity contribution in [3.63, 3.8) is 0 Å². The molecule has 0 radical (unpaired) electrons. The molecule has 4 heterocycles. The maximum Gasteiger partial charge on any atom is 0.256 e. The third-order valence-electron chi connectivity index (χ3n) is 5.74.